The van der Waals surface area contributed by atoms with Crippen LogP contribution in [0.25, 0.3) is 11.2 Å². The number of aromatic nitrogens is 4. The molecule has 34 heavy (non-hydrogen) atoms. The average molecular weight is 472 g/mol. The van der Waals surface area contributed by atoms with Crippen molar-refractivity contribution in [1.82, 2.24) is 24.1 Å². The highest BCUT2D eigenvalue weighted by Crippen LogP contribution is 2.27. The van der Waals surface area contributed by atoms with Crippen molar-refractivity contribution in [3.8, 4) is 11.5 Å². The SMILES string of the molecule is CCOC(=O)COc1ccc(/C=N/NC(=O)Cn2cnc3c(=O)n(C)c(=O)n(C)c32)cc1OC. The molecule has 13 heteroatoms. The first-order valence-corrected chi connectivity index (χ1v) is 10.2. The van der Waals surface area contributed by atoms with Crippen molar-refractivity contribution in [3.63, 3.8) is 0 Å². The first-order chi connectivity index (χ1) is 16.3. The fourth-order valence-corrected chi connectivity index (χ4v) is 3.15. The van der Waals surface area contributed by atoms with E-state index in [1.165, 1.54) is 42.9 Å². The smallest absolute Gasteiger partial charge is 0.344 e. The molecule has 0 aliphatic carbocycles. The standard InChI is InChI=1S/C21H24N6O7/c1-5-33-17(29)11-34-14-7-6-13(8-15(14)32-4)9-23-24-16(28)10-27-12-22-18-19(27)25(2)21(31)26(3)20(18)30/h6-9,12H,5,10-11H2,1-4H3,(H,24,28)/b23-9+. The summed E-state index contributed by atoms with van der Waals surface area (Å²) in [4.78, 5) is 52.2. The molecule has 1 amide bonds. The number of esters is 1. The summed E-state index contributed by atoms with van der Waals surface area (Å²) in [7, 11) is 4.30. The van der Waals surface area contributed by atoms with E-state index in [2.05, 4.69) is 15.5 Å². The van der Waals surface area contributed by atoms with Crippen LogP contribution >= 0.6 is 0 Å². The van der Waals surface area contributed by atoms with E-state index in [-0.39, 0.29) is 30.9 Å². The van der Waals surface area contributed by atoms with E-state index >= 15 is 0 Å². The zero-order valence-corrected chi connectivity index (χ0v) is 19.1. The second-order valence-electron chi connectivity index (χ2n) is 7.05. The van der Waals surface area contributed by atoms with Gasteiger partial charge in [-0.1, -0.05) is 0 Å². The Bertz CT molecular complexity index is 1370. The van der Waals surface area contributed by atoms with E-state index in [9.17, 15) is 19.2 Å². The number of imidazole rings is 1. The molecule has 3 aromatic rings. The number of carbonyl (C=O) groups is 2. The molecule has 2 heterocycles. The van der Waals surface area contributed by atoms with Crippen molar-refractivity contribution in [2.75, 3.05) is 20.3 Å². The molecule has 0 unspecified atom stereocenters. The molecule has 0 spiro atoms. The fourth-order valence-electron chi connectivity index (χ4n) is 3.15. The number of aryl methyl sites for hydroxylation is 1. The first kappa shape index (κ1) is 24.2. The molecule has 2 aromatic heterocycles. The Balaban J connectivity index is 1.67. The van der Waals surface area contributed by atoms with Crippen molar-refractivity contribution < 1.29 is 23.8 Å². The number of ether oxygens (including phenoxy) is 3. The molecule has 1 aromatic carbocycles. The minimum atomic E-state index is -0.543. The van der Waals surface area contributed by atoms with Crippen LogP contribution in [0.4, 0.5) is 0 Å². The van der Waals surface area contributed by atoms with Gasteiger partial charge in [-0.05, 0) is 30.7 Å². The quantitative estimate of drug-likeness (QED) is 0.250. The largest absolute Gasteiger partial charge is 0.493 e. The summed E-state index contributed by atoms with van der Waals surface area (Å²) >= 11 is 0. The van der Waals surface area contributed by atoms with Gasteiger partial charge in [-0.2, -0.15) is 5.10 Å². The van der Waals surface area contributed by atoms with Gasteiger partial charge in [0.1, 0.15) is 12.2 Å². The van der Waals surface area contributed by atoms with Gasteiger partial charge in [-0.15, -0.1) is 0 Å². The molecule has 0 radical (unpaired) electrons. The molecule has 0 bridgehead atoms. The van der Waals surface area contributed by atoms with Crippen molar-refractivity contribution >= 4 is 29.3 Å². The molecule has 0 fully saturated rings. The highest BCUT2D eigenvalue weighted by Gasteiger charge is 2.15. The maximum Gasteiger partial charge on any atom is 0.344 e. The zero-order chi connectivity index (χ0) is 24.8. The number of methoxy groups -OCH3 is 1. The third-order valence-corrected chi connectivity index (χ3v) is 4.76. The molecule has 1 N–H and O–H groups in total. The number of amides is 1. The fraction of sp³-hybridized carbons (Fsp3) is 0.333. The number of nitrogens with zero attached hydrogens (tertiary/aromatic N) is 5. The van der Waals surface area contributed by atoms with Crippen LogP contribution in [0, 0.1) is 0 Å². The van der Waals surface area contributed by atoms with E-state index in [0.29, 0.717) is 17.1 Å². The molecule has 0 aliphatic heterocycles. The molecule has 0 atom stereocenters. The number of nitrogens with one attached hydrogen (secondary N) is 1. The third kappa shape index (κ3) is 5.14. The van der Waals surface area contributed by atoms with E-state index in [1.807, 2.05) is 0 Å². The highest BCUT2D eigenvalue weighted by molar-refractivity contribution is 5.84. The minimum Gasteiger partial charge on any atom is -0.493 e. The second kappa shape index (κ2) is 10.5. The summed E-state index contributed by atoms with van der Waals surface area (Å²) in [5, 5.41) is 3.91. The van der Waals surface area contributed by atoms with Crippen molar-refractivity contribution in [2.24, 2.45) is 19.2 Å². The molecule has 180 valence electrons. The van der Waals surface area contributed by atoms with E-state index < -0.39 is 23.1 Å². The molecular formula is C21H24N6O7. The van der Waals surface area contributed by atoms with Crippen LogP contribution < -0.4 is 26.1 Å². The number of hydrogen-bond donors (Lipinski definition) is 1. The van der Waals surface area contributed by atoms with Crippen molar-refractivity contribution in [1.29, 1.82) is 0 Å². The Morgan fingerprint density at radius 2 is 1.94 bits per heavy atom. The topological polar surface area (TPSA) is 148 Å². The Morgan fingerprint density at radius 3 is 2.65 bits per heavy atom. The summed E-state index contributed by atoms with van der Waals surface area (Å²) < 4.78 is 19.1. The maximum atomic E-state index is 12.3. The van der Waals surface area contributed by atoms with Crippen LogP contribution in [-0.2, 0) is 35.0 Å². The molecule has 0 saturated heterocycles. The molecular weight excluding hydrogens is 448 g/mol. The van der Waals surface area contributed by atoms with E-state index in [1.54, 1.807) is 25.1 Å². The van der Waals surface area contributed by atoms with Gasteiger partial charge in [0.2, 0.25) is 0 Å². The van der Waals surface area contributed by atoms with Crippen LogP contribution in [0.2, 0.25) is 0 Å². The van der Waals surface area contributed by atoms with Crippen molar-refractivity contribution in [3.05, 3.63) is 50.9 Å². The molecule has 0 saturated carbocycles. The Kier molecular flexibility index (Phi) is 7.46. The van der Waals surface area contributed by atoms with E-state index in [0.717, 1.165) is 4.57 Å². The van der Waals surface area contributed by atoms with Gasteiger partial charge in [0.15, 0.2) is 23.6 Å². The molecule has 0 aliphatic rings. The monoisotopic (exact) mass is 472 g/mol. The Hall–Kier alpha value is -4.42. The summed E-state index contributed by atoms with van der Waals surface area (Å²) in [6, 6.07) is 4.87. The molecule has 13 nitrogen and oxygen atoms in total. The number of fused-ring (bicyclic) bond motifs is 1. The van der Waals surface area contributed by atoms with Gasteiger partial charge in [0.25, 0.3) is 11.5 Å². The normalized spacial score (nSPS) is 11.1. The second-order valence-corrected chi connectivity index (χ2v) is 7.05. The van der Waals surface area contributed by atoms with Gasteiger partial charge >= 0.3 is 11.7 Å². The van der Waals surface area contributed by atoms with Crippen LogP contribution in [0.5, 0.6) is 11.5 Å². The predicted octanol–water partition coefficient (Wildman–Crippen LogP) is -0.465. The number of benzene rings is 1. The lowest BCUT2D eigenvalue weighted by atomic mass is 10.2. The van der Waals surface area contributed by atoms with Crippen LogP contribution in [0.1, 0.15) is 12.5 Å². The third-order valence-electron chi connectivity index (χ3n) is 4.76. The van der Waals surface area contributed by atoms with Crippen LogP contribution in [0.15, 0.2) is 39.2 Å². The summed E-state index contributed by atoms with van der Waals surface area (Å²) in [5.41, 5.74) is 2.22. The first-order valence-electron chi connectivity index (χ1n) is 10.2. The number of hydrazone groups is 1. The number of hydrogen-bond acceptors (Lipinski definition) is 9. The van der Waals surface area contributed by atoms with Gasteiger partial charge < -0.3 is 18.8 Å². The summed E-state index contributed by atoms with van der Waals surface area (Å²) in [6.45, 7) is 1.49. The van der Waals surface area contributed by atoms with Crippen molar-refractivity contribution in [2.45, 2.75) is 13.5 Å². The van der Waals surface area contributed by atoms with Crippen LogP contribution in [-0.4, -0.2) is 57.1 Å². The number of rotatable bonds is 9. The van der Waals surface area contributed by atoms with E-state index in [4.69, 9.17) is 14.2 Å². The van der Waals surface area contributed by atoms with Gasteiger partial charge in [-0.3, -0.25) is 18.7 Å². The highest BCUT2D eigenvalue weighted by atomic mass is 16.6. The maximum absolute atomic E-state index is 12.3. The van der Waals surface area contributed by atoms with Gasteiger partial charge in [-0.25, -0.2) is 20.0 Å². The lowest BCUT2D eigenvalue weighted by Gasteiger charge is -2.10. The van der Waals surface area contributed by atoms with Gasteiger partial charge in [0.05, 0.1) is 26.3 Å². The molecule has 3 rings (SSSR count). The number of carbonyl (C=O) groups excluding carboxylic acids is 2. The predicted molar refractivity (Wildman–Crippen MR) is 121 cm³/mol. The van der Waals surface area contributed by atoms with Gasteiger partial charge in [0, 0.05) is 14.1 Å². The zero-order valence-electron chi connectivity index (χ0n) is 19.1. The lowest BCUT2D eigenvalue weighted by Crippen LogP contribution is -2.37. The van der Waals surface area contributed by atoms with Crippen LogP contribution in [0.3, 0.4) is 0 Å². The minimum absolute atomic E-state index is 0.0817. The summed E-state index contributed by atoms with van der Waals surface area (Å²) in [6.07, 6.45) is 2.71. The Labute approximate surface area is 193 Å². The lowest BCUT2D eigenvalue weighted by molar-refractivity contribution is -0.145. The summed E-state index contributed by atoms with van der Waals surface area (Å²) in [5.74, 6) is -0.276. The Morgan fingerprint density at radius 1 is 1.18 bits per heavy atom. The average Bonchev–Trinajstić information content (AvgIpc) is 3.24.